The number of ether oxygens (including phenoxy) is 3. The second-order valence-corrected chi connectivity index (χ2v) is 7.95. The zero-order valence-electron chi connectivity index (χ0n) is 16.1. The van der Waals surface area contributed by atoms with Crippen molar-refractivity contribution < 1.29 is 18.6 Å². The zero-order valence-corrected chi connectivity index (χ0v) is 16.1. The average Bonchev–Trinajstić information content (AvgIpc) is 2.69. The lowest BCUT2D eigenvalue weighted by Gasteiger charge is -2.47. The summed E-state index contributed by atoms with van der Waals surface area (Å²) in [6.45, 7) is 2.54. The van der Waals surface area contributed by atoms with Crippen LogP contribution in [0.3, 0.4) is 0 Å². The first kappa shape index (κ1) is 17.9. The normalized spacial score (nSPS) is 21.6. The van der Waals surface area contributed by atoms with Crippen molar-refractivity contribution in [2.75, 3.05) is 20.2 Å². The van der Waals surface area contributed by atoms with Crippen LogP contribution >= 0.6 is 0 Å². The van der Waals surface area contributed by atoms with Crippen molar-refractivity contribution in [1.82, 2.24) is 9.88 Å². The number of pyridine rings is 1. The van der Waals surface area contributed by atoms with Crippen molar-refractivity contribution in [3.63, 3.8) is 0 Å². The fourth-order valence-electron chi connectivity index (χ4n) is 4.38. The van der Waals surface area contributed by atoms with Crippen molar-refractivity contribution in [2.45, 2.75) is 50.5 Å². The number of benzene rings is 1. The number of aromatic nitrogens is 1. The number of nitrogens with zero attached hydrogens (tertiary/aromatic N) is 2. The Morgan fingerprint density at radius 2 is 2.04 bits per heavy atom. The van der Waals surface area contributed by atoms with Crippen LogP contribution in [0, 0.1) is 5.82 Å². The molecule has 3 aliphatic rings. The third kappa shape index (κ3) is 3.14. The topological polar surface area (TPSA) is 43.8 Å². The van der Waals surface area contributed by atoms with Gasteiger partial charge < -0.3 is 14.2 Å². The van der Waals surface area contributed by atoms with E-state index in [1.54, 1.807) is 6.07 Å². The van der Waals surface area contributed by atoms with E-state index < -0.39 is 5.79 Å². The summed E-state index contributed by atoms with van der Waals surface area (Å²) < 4.78 is 31.9. The van der Waals surface area contributed by atoms with Crippen LogP contribution in [0.25, 0.3) is 11.1 Å². The molecule has 28 heavy (non-hydrogen) atoms. The summed E-state index contributed by atoms with van der Waals surface area (Å²) in [4.78, 5) is 6.49. The standard InChI is InChI=1S/C22H25FN2O3/c1-26-21-12-18(19(23)13-24-21)15-5-6-20-16(11-15)14-27-22(28-20)7-9-25(10-8-22)17-3-2-4-17/h5-6,11-13,17H,2-4,7-10,14H2,1H3. The minimum absolute atomic E-state index is 0.377. The van der Waals surface area contributed by atoms with E-state index in [1.165, 1.54) is 32.6 Å². The summed E-state index contributed by atoms with van der Waals surface area (Å²) in [6.07, 6.45) is 6.99. The van der Waals surface area contributed by atoms with E-state index >= 15 is 0 Å². The van der Waals surface area contributed by atoms with E-state index in [0.717, 1.165) is 48.8 Å². The molecule has 1 saturated carbocycles. The monoisotopic (exact) mass is 384 g/mol. The molecule has 0 bridgehead atoms. The molecule has 1 aromatic carbocycles. The summed E-state index contributed by atoms with van der Waals surface area (Å²) in [5.74, 6) is 0.338. The molecule has 148 valence electrons. The maximum Gasteiger partial charge on any atom is 0.213 e. The van der Waals surface area contributed by atoms with Crippen molar-refractivity contribution in [3.05, 3.63) is 41.8 Å². The van der Waals surface area contributed by atoms with Crippen LogP contribution in [-0.2, 0) is 11.3 Å². The number of halogens is 1. The molecule has 2 fully saturated rings. The van der Waals surface area contributed by atoms with E-state index in [9.17, 15) is 4.39 Å². The molecule has 5 nitrogen and oxygen atoms in total. The van der Waals surface area contributed by atoms with Crippen LogP contribution in [0.15, 0.2) is 30.5 Å². The van der Waals surface area contributed by atoms with Crippen LogP contribution in [0.4, 0.5) is 4.39 Å². The van der Waals surface area contributed by atoms with Crippen molar-refractivity contribution >= 4 is 0 Å². The summed E-state index contributed by atoms with van der Waals surface area (Å²) in [7, 11) is 1.52. The highest BCUT2D eigenvalue weighted by molar-refractivity contribution is 5.67. The maximum absolute atomic E-state index is 14.3. The van der Waals surface area contributed by atoms with Crippen LogP contribution < -0.4 is 9.47 Å². The molecule has 1 aliphatic carbocycles. The first-order chi connectivity index (χ1) is 13.7. The highest BCUT2D eigenvalue weighted by Gasteiger charge is 2.42. The third-order valence-electron chi connectivity index (χ3n) is 6.35. The predicted octanol–water partition coefficient (Wildman–Crippen LogP) is 4.15. The van der Waals surface area contributed by atoms with Gasteiger partial charge in [0.05, 0.1) is 19.9 Å². The SMILES string of the molecule is COc1cc(-c2ccc3c(c2)COC2(CCN(C4CCC4)CC2)O3)c(F)cn1. The Balaban J connectivity index is 1.34. The number of fused-ring (bicyclic) bond motifs is 1. The van der Waals surface area contributed by atoms with E-state index in [4.69, 9.17) is 14.2 Å². The molecule has 6 heteroatoms. The molecule has 0 N–H and O–H groups in total. The van der Waals surface area contributed by atoms with Gasteiger partial charge in [0.15, 0.2) is 0 Å². The van der Waals surface area contributed by atoms with Crippen LogP contribution in [0.5, 0.6) is 11.6 Å². The third-order valence-corrected chi connectivity index (χ3v) is 6.35. The summed E-state index contributed by atoms with van der Waals surface area (Å²) >= 11 is 0. The van der Waals surface area contributed by atoms with Gasteiger partial charge in [0.25, 0.3) is 0 Å². The molecule has 2 aromatic rings. The number of hydrogen-bond acceptors (Lipinski definition) is 5. The van der Waals surface area contributed by atoms with Crippen molar-refractivity contribution in [3.8, 4) is 22.8 Å². The maximum atomic E-state index is 14.3. The van der Waals surface area contributed by atoms with Crippen LogP contribution in [0.2, 0.25) is 0 Å². The van der Waals surface area contributed by atoms with E-state index in [-0.39, 0.29) is 5.82 Å². The molecule has 3 heterocycles. The van der Waals surface area contributed by atoms with Gasteiger partial charge in [-0.15, -0.1) is 0 Å². The first-order valence-corrected chi connectivity index (χ1v) is 10.1. The molecule has 5 rings (SSSR count). The van der Waals surface area contributed by atoms with Gasteiger partial charge in [0.1, 0.15) is 11.6 Å². The van der Waals surface area contributed by atoms with Gasteiger partial charge in [-0.25, -0.2) is 9.37 Å². The quantitative estimate of drug-likeness (QED) is 0.795. The Bertz CT molecular complexity index is 876. The molecule has 0 atom stereocenters. The Labute approximate surface area is 164 Å². The smallest absolute Gasteiger partial charge is 0.213 e. The molecule has 1 spiro atoms. The second-order valence-electron chi connectivity index (χ2n) is 7.95. The van der Waals surface area contributed by atoms with Gasteiger partial charge in [0, 0.05) is 49.2 Å². The largest absolute Gasteiger partial charge is 0.481 e. The molecule has 0 radical (unpaired) electrons. The number of likely N-dealkylation sites (tertiary alicyclic amines) is 1. The Morgan fingerprint density at radius 3 is 2.75 bits per heavy atom. The fourth-order valence-corrected chi connectivity index (χ4v) is 4.38. The average molecular weight is 384 g/mol. The van der Waals surface area contributed by atoms with Crippen LogP contribution in [0.1, 0.15) is 37.7 Å². The molecule has 0 amide bonds. The van der Waals surface area contributed by atoms with Gasteiger partial charge in [-0.05, 0) is 30.5 Å². The number of hydrogen-bond donors (Lipinski definition) is 0. The minimum Gasteiger partial charge on any atom is -0.481 e. The zero-order chi connectivity index (χ0) is 19.1. The van der Waals surface area contributed by atoms with Gasteiger partial charge in [0.2, 0.25) is 11.7 Å². The molecular weight excluding hydrogens is 359 g/mol. The highest BCUT2D eigenvalue weighted by Crippen LogP contribution is 2.40. The highest BCUT2D eigenvalue weighted by atomic mass is 19.1. The lowest BCUT2D eigenvalue weighted by Crippen LogP contribution is -2.54. The fraction of sp³-hybridized carbons (Fsp3) is 0.500. The summed E-state index contributed by atoms with van der Waals surface area (Å²) in [6, 6.07) is 8.13. The van der Waals surface area contributed by atoms with Crippen molar-refractivity contribution in [1.29, 1.82) is 0 Å². The number of piperidine rings is 1. The van der Waals surface area contributed by atoms with E-state index in [0.29, 0.717) is 18.1 Å². The van der Waals surface area contributed by atoms with Crippen LogP contribution in [-0.4, -0.2) is 41.9 Å². The Morgan fingerprint density at radius 1 is 1.21 bits per heavy atom. The Kier molecular flexibility index (Phi) is 4.48. The predicted molar refractivity (Wildman–Crippen MR) is 103 cm³/mol. The lowest BCUT2D eigenvalue weighted by atomic mass is 9.89. The summed E-state index contributed by atoms with van der Waals surface area (Å²) in [5, 5.41) is 0. The summed E-state index contributed by atoms with van der Waals surface area (Å²) in [5.41, 5.74) is 2.17. The molecular formula is C22H25FN2O3. The molecule has 1 saturated heterocycles. The van der Waals surface area contributed by atoms with Gasteiger partial charge in [-0.3, -0.25) is 4.90 Å². The van der Waals surface area contributed by atoms with Crippen molar-refractivity contribution in [2.24, 2.45) is 0 Å². The lowest BCUT2D eigenvalue weighted by molar-refractivity contribution is -0.231. The Hall–Kier alpha value is -2.18. The minimum atomic E-state index is -0.514. The second kappa shape index (κ2) is 7.01. The number of methoxy groups -OCH3 is 1. The number of rotatable bonds is 3. The van der Waals surface area contributed by atoms with Gasteiger partial charge in [-0.2, -0.15) is 0 Å². The van der Waals surface area contributed by atoms with E-state index in [1.807, 2.05) is 18.2 Å². The van der Waals surface area contributed by atoms with Gasteiger partial charge in [-0.1, -0.05) is 12.5 Å². The molecule has 0 unspecified atom stereocenters. The first-order valence-electron chi connectivity index (χ1n) is 10.1. The van der Waals surface area contributed by atoms with Gasteiger partial charge >= 0.3 is 0 Å². The molecule has 1 aromatic heterocycles. The molecule has 2 aliphatic heterocycles. The van der Waals surface area contributed by atoms with E-state index in [2.05, 4.69) is 9.88 Å².